The fourth-order valence-corrected chi connectivity index (χ4v) is 2.04. The summed E-state index contributed by atoms with van der Waals surface area (Å²) in [4.78, 5) is 39.1. The smallest absolute Gasteiger partial charge is 0.242 e. The number of nitrogens with zero attached hydrogens (tertiary/aromatic N) is 3. The van der Waals surface area contributed by atoms with Crippen LogP contribution in [0, 0.1) is 0 Å². The van der Waals surface area contributed by atoms with Crippen LogP contribution < -0.4 is 0 Å². The van der Waals surface area contributed by atoms with Gasteiger partial charge in [0.1, 0.15) is 0 Å². The summed E-state index contributed by atoms with van der Waals surface area (Å²) in [5.74, 6) is -0.0924. The van der Waals surface area contributed by atoms with Gasteiger partial charge in [-0.05, 0) is 6.42 Å². The van der Waals surface area contributed by atoms with E-state index in [1.807, 2.05) is 0 Å². The summed E-state index contributed by atoms with van der Waals surface area (Å²) in [7, 11) is 0. The van der Waals surface area contributed by atoms with Gasteiger partial charge in [-0.15, -0.1) is 0 Å². The maximum absolute atomic E-state index is 12.1. The monoisotopic (exact) mass is 269 g/mol. The van der Waals surface area contributed by atoms with Crippen LogP contribution in [0.2, 0.25) is 0 Å². The van der Waals surface area contributed by atoms with Crippen LogP contribution in [0.3, 0.4) is 0 Å². The molecule has 19 heavy (non-hydrogen) atoms. The van der Waals surface area contributed by atoms with Gasteiger partial charge >= 0.3 is 0 Å². The largest absolute Gasteiger partial charge is 0.342 e. The highest BCUT2D eigenvalue weighted by Gasteiger charge is 2.22. The Balaban J connectivity index is 2.44. The summed E-state index contributed by atoms with van der Waals surface area (Å²) in [6.07, 6.45) is 2.71. The predicted octanol–water partition coefficient (Wildman–Crippen LogP) is -0.0644. The molecule has 6 heteroatoms. The van der Waals surface area contributed by atoms with Crippen molar-refractivity contribution in [3.05, 3.63) is 0 Å². The maximum atomic E-state index is 12.1. The van der Waals surface area contributed by atoms with Crippen molar-refractivity contribution in [1.29, 1.82) is 0 Å². The van der Waals surface area contributed by atoms with Gasteiger partial charge in [0.25, 0.3) is 0 Å². The van der Waals surface area contributed by atoms with Crippen LogP contribution in [0.4, 0.5) is 0 Å². The highest BCUT2D eigenvalue weighted by atomic mass is 16.2. The molecule has 0 saturated carbocycles. The molecule has 1 aliphatic rings. The lowest BCUT2D eigenvalue weighted by Crippen LogP contribution is -2.51. The summed E-state index contributed by atoms with van der Waals surface area (Å²) in [6, 6.07) is 0. The highest BCUT2D eigenvalue weighted by Crippen LogP contribution is 2.03. The van der Waals surface area contributed by atoms with E-state index < -0.39 is 0 Å². The minimum atomic E-state index is -0.0617. The van der Waals surface area contributed by atoms with Gasteiger partial charge in [0.2, 0.25) is 18.2 Å². The van der Waals surface area contributed by atoms with E-state index in [9.17, 15) is 14.4 Å². The Hall–Kier alpha value is -1.59. The minimum Gasteiger partial charge on any atom is -0.342 e. The lowest BCUT2D eigenvalue weighted by molar-refractivity contribution is -0.141. The lowest BCUT2D eigenvalue weighted by atomic mass is 10.3. The van der Waals surface area contributed by atoms with Gasteiger partial charge in [-0.3, -0.25) is 14.4 Å². The van der Waals surface area contributed by atoms with E-state index in [-0.39, 0.29) is 18.4 Å². The second-order valence-electron chi connectivity index (χ2n) is 4.82. The number of hydrogen-bond acceptors (Lipinski definition) is 3. The van der Waals surface area contributed by atoms with Crippen LogP contribution in [-0.4, -0.2) is 72.2 Å². The molecule has 0 unspecified atom stereocenters. The molecule has 3 amide bonds. The molecular formula is C13H23N3O3. The second kappa shape index (κ2) is 7.76. The summed E-state index contributed by atoms with van der Waals surface area (Å²) in [6.45, 7) is 6.58. The molecule has 0 spiro atoms. The van der Waals surface area contributed by atoms with Crippen molar-refractivity contribution < 1.29 is 14.4 Å². The Bertz CT molecular complexity index is 325. The van der Waals surface area contributed by atoms with E-state index in [0.717, 1.165) is 19.3 Å². The van der Waals surface area contributed by atoms with E-state index in [1.165, 1.54) is 6.92 Å². The third-order valence-electron chi connectivity index (χ3n) is 3.37. The standard InChI is InChI=1S/C13H23N3O3/c1-3-4-5-16(12(2)18)10-13(19)15-8-6-14(11-17)7-9-15/h11H,3-10H2,1-2H3. The summed E-state index contributed by atoms with van der Waals surface area (Å²) >= 11 is 0. The first-order valence-electron chi connectivity index (χ1n) is 6.81. The normalized spacial score (nSPS) is 15.3. The molecule has 1 heterocycles. The molecule has 0 aromatic rings. The first-order valence-corrected chi connectivity index (χ1v) is 6.81. The van der Waals surface area contributed by atoms with E-state index >= 15 is 0 Å². The van der Waals surface area contributed by atoms with Gasteiger partial charge in [0.05, 0.1) is 6.54 Å². The quantitative estimate of drug-likeness (QED) is 0.634. The van der Waals surface area contributed by atoms with Gasteiger partial charge in [-0.2, -0.15) is 0 Å². The molecule has 6 nitrogen and oxygen atoms in total. The van der Waals surface area contributed by atoms with Gasteiger partial charge < -0.3 is 14.7 Å². The van der Waals surface area contributed by atoms with Crippen LogP contribution in [0.15, 0.2) is 0 Å². The third kappa shape index (κ3) is 4.89. The molecule has 0 N–H and O–H groups in total. The number of rotatable bonds is 6. The lowest BCUT2D eigenvalue weighted by Gasteiger charge is -2.34. The molecule has 0 aliphatic carbocycles. The molecule has 0 aromatic carbocycles. The molecule has 0 radical (unpaired) electrons. The van der Waals surface area contributed by atoms with Gasteiger partial charge in [0, 0.05) is 39.6 Å². The number of carbonyl (C=O) groups is 3. The van der Waals surface area contributed by atoms with Crippen molar-refractivity contribution in [1.82, 2.24) is 14.7 Å². The molecule has 0 atom stereocenters. The number of carbonyl (C=O) groups excluding carboxylic acids is 3. The predicted molar refractivity (Wildman–Crippen MR) is 71.4 cm³/mol. The molecular weight excluding hydrogens is 246 g/mol. The molecule has 1 aliphatic heterocycles. The van der Waals surface area contributed by atoms with Crippen LogP contribution in [-0.2, 0) is 14.4 Å². The fraction of sp³-hybridized carbons (Fsp3) is 0.769. The third-order valence-corrected chi connectivity index (χ3v) is 3.37. The highest BCUT2D eigenvalue weighted by molar-refractivity contribution is 5.84. The molecule has 1 saturated heterocycles. The second-order valence-corrected chi connectivity index (χ2v) is 4.82. The number of hydrogen-bond donors (Lipinski definition) is 0. The molecule has 0 aromatic heterocycles. The topological polar surface area (TPSA) is 60.9 Å². The average molecular weight is 269 g/mol. The molecule has 1 rings (SSSR count). The van der Waals surface area contributed by atoms with E-state index in [2.05, 4.69) is 6.92 Å². The van der Waals surface area contributed by atoms with Gasteiger partial charge in [-0.1, -0.05) is 13.3 Å². The number of amides is 3. The van der Waals surface area contributed by atoms with Crippen molar-refractivity contribution >= 4 is 18.2 Å². The summed E-state index contributed by atoms with van der Waals surface area (Å²) < 4.78 is 0. The Morgan fingerprint density at radius 3 is 2.32 bits per heavy atom. The Kier molecular flexibility index (Phi) is 6.32. The van der Waals surface area contributed by atoms with E-state index in [0.29, 0.717) is 32.7 Å². The SMILES string of the molecule is CCCCN(CC(=O)N1CCN(C=O)CC1)C(C)=O. The Morgan fingerprint density at radius 2 is 1.84 bits per heavy atom. The van der Waals surface area contributed by atoms with Crippen molar-refractivity contribution in [2.45, 2.75) is 26.7 Å². The van der Waals surface area contributed by atoms with Crippen molar-refractivity contribution in [3.8, 4) is 0 Å². The van der Waals surface area contributed by atoms with Crippen molar-refractivity contribution in [3.63, 3.8) is 0 Å². The van der Waals surface area contributed by atoms with Crippen LogP contribution in [0.1, 0.15) is 26.7 Å². The van der Waals surface area contributed by atoms with Crippen molar-refractivity contribution in [2.24, 2.45) is 0 Å². The zero-order valence-corrected chi connectivity index (χ0v) is 11.8. The maximum Gasteiger partial charge on any atom is 0.242 e. The van der Waals surface area contributed by atoms with Crippen LogP contribution >= 0.6 is 0 Å². The summed E-state index contributed by atoms with van der Waals surface area (Å²) in [5.41, 5.74) is 0. The van der Waals surface area contributed by atoms with Gasteiger partial charge in [-0.25, -0.2) is 0 Å². The van der Waals surface area contributed by atoms with Crippen LogP contribution in [0.25, 0.3) is 0 Å². The average Bonchev–Trinajstić information content (AvgIpc) is 2.43. The molecule has 108 valence electrons. The van der Waals surface area contributed by atoms with Gasteiger partial charge in [0.15, 0.2) is 0 Å². The fourth-order valence-electron chi connectivity index (χ4n) is 2.04. The van der Waals surface area contributed by atoms with Crippen LogP contribution in [0.5, 0.6) is 0 Å². The molecule has 0 bridgehead atoms. The Labute approximate surface area is 114 Å². The zero-order chi connectivity index (χ0) is 14.3. The van der Waals surface area contributed by atoms with E-state index in [4.69, 9.17) is 0 Å². The molecule has 1 fully saturated rings. The van der Waals surface area contributed by atoms with Crippen molar-refractivity contribution in [2.75, 3.05) is 39.3 Å². The summed E-state index contributed by atoms with van der Waals surface area (Å²) in [5, 5.41) is 0. The van der Waals surface area contributed by atoms with E-state index in [1.54, 1.807) is 14.7 Å². The Morgan fingerprint density at radius 1 is 1.21 bits per heavy atom. The first-order chi connectivity index (χ1) is 9.08. The number of piperazine rings is 1. The first kappa shape index (κ1) is 15.5. The number of unbranched alkanes of at least 4 members (excludes halogenated alkanes) is 1. The minimum absolute atomic E-state index is 0.0307. The zero-order valence-electron chi connectivity index (χ0n) is 11.8.